The van der Waals surface area contributed by atoms with E-state index in [1.54, 1.807) is 0 Å². The molecule has 2 aromatic heterocycles. The van der Waals surface area contributed by atoms with Crippen LogP contribution in [0.15, 0.2) is 40.5 Å². The molecule has 0 spiro atoms. The predicted octanol–water partition coefficient (Wildman–Crippen LogP) is 4.68. The molecule has 0 radical (unpaired) electrons. The standard InChI is InChI=1S/C22H25N3O2S2/c1-2-16-10-6-7-11-25(16)19(26)14-28-13-18-23-21(27)20-17(12-29-22(20)24-18)15-8-4-3-5-9-15/h3-5,8-9,12,16H,2,6-7,10-11,13-14H2,1H3,(H,23,24,27). The van der Waals surface area contributed by atoms with Gasteiger partial charge in [-0.2, -0.15) is 0 Å². The number of thiophene rings is 1. The number of rotatable bonds is 6. The molecule has 1 aliphatic rings. The minimum absolute atomic E-state index is 0.112. The van der Waals surface area contributed by atoms with Crippen molar-refractivity contribution in [2.45, 2.75) is 44.4 Å². The van der Waals surface area contributed by atoms with Crippen LogP contribution in [0.25, 0.3) is 21.3 Å². The van der Waals surface area contributed by atoms with Gasteiger partial charge in [-0.1, -0.05) is 37.3 Å². The van der Waals surface area contributed by atoms with E-state index in [-0.39, 0.29) is 11.5 Å². The highest BCUT2D eigenvalue weighted by Crippen LogP contribution is 2.30. The average Bonchev–Trinajstić information content (AvgIpc) is 3.19. The number of aromatic nitrogens is 2. The Morgan fingerprint density at radius 1 is 1.31 bits per heavy atom. The number of hydrogen-bond acceptors (Lipinski definition) is 5. The molecule has 0 saturated carbocycles. The van der Waals surface area contributed by atoms with E-state index in [4.69, 9.17) is 0 Å². The van der Waals surface area contributed by atoms with Crippen molar-refractivity contribution in [2.24, 2.45) is 0 Å². The van der Waals surface area contributed by atoms with Crippen molar-refractivity contribution >= 4 is 39.2 Å². The van der Waals surface area contributed by atoms with Crippen LogP contribution in [0.4, 0.5) is 0 Å². The molecule has 1 fully saturated rings. The van der Waals surface area contributed by atoms with Crippen LogP contribution in [-0.2, 0) is 10.5 Å². The van der Waals surface area contributed by atoms with Gasteiger partial charge in [0.05, 0.1) is 16.9 Å². The summed E-state index contributed by atoms with van der Waals surface area (Å²) in [6, 6.07) is 10.3. The number of H-pyrrole nitrogens is 1. The van der Waals surface area contributed by atoms with E-state index in [1.807, 2.05) is 40.6 Å². The van der Waals surface area contributed by atoms with Crippen LogP contribution in [0.5, 0.6) is 0 Å². The van der Waals surface area contributed by atoms with Gasteiger partial charge in [-0.25, -0.2) is 4.98 Å². The van der Waals surface area contributed by atoms with Gasteiger partial charge in [0, 0.05) is 23.5 Å². The van der Waals surface area contributed by atoms with Gasteiger partial charge < -0.3 is 9.88 Å². The summed E-state index contributed by atoms with van der Waals surface area (Å²) in [4.78, 5) is 35.7. The van der Waals surface area contributed by atoms with Crippen molar-refractivity contribution in [1.82, 2.24) is 14.9 Å². The zero-order valence-electron chi connectivity index (χ0n) is 16.5. The molecule has 0 aliphatic carbocycles. The maximum atomic E-state index is 12.7. The second kappa shape index (κ2) is 9.13. The third-order valence-corrected chi connectivity index (χ3v) is 7.26. The molecular weight excluding hydrogens is 402 g/mol. The monoisotopic (exact) mass is 427 g/mol. The van der Waals surface area contributed by atoms with E-state index in [1.165, 1.54) is 29.5 Å². The Morgan fingerprint density at radius 2 is 2.14 bits per heavy atom. The van der Waals surface area contributed by atoms with Crippen LogP contribution < -0.4 is 5.56 Å². The molecule has 1 saturated heterocycles. The van der Waals surface area contributed by atoms with Gasteiger partial charge in [-0.3, -0.25) is 9.59 Å². The molecule has 3 heterocycles. The van der Waals surface area contributed by atoms with E-state index in [2.05, 4.69) is 16.9 Å². The first-order chi connectivity index (χ1) is 14.2. The van der Waals surface area contributed by atoms with Crippen molar-refractivity contribution in [3.63, 3.8) is 0 Å². The van der Waals surface area contributed by atoms with Gasteiger partial charge in [0.25, 0.3) is 5.56 Å². The Kier molecular flexibility index (Phi) is 6.35. The average molecular weight is 428 g/mol. The molecule has 7 heteroatoms. The highest BCUT2D eigenvalue weighted by molar-refractivity contribution is 7.99. The zero-order chi connectivity index (χ0) is 20.2. The number of carbonyl (C=O) groups excluding carboxylic acids is 1. The topological polar surface area (TPSA) is 66.1 Å². The van der Waals surface area contributed by atoms with Gasteiger partial charge in [0.1, 0.15) is 10.7 Å². The maximum absolute atomic E-state index is 12.7. The Hall–Kier alpha value is -2.12. The minimum atomic E-state index is -0.112. The first kappa shape index (κ1) is 20.2. The predicted molar refractivity (Wildman–Crippen MR) is 121 cm³/mol. The lowest BCUT2D eigenvalue weighted by Gasteiger charge is -2.35. The van der Waals surface area contributed by atoms with Crippen molar-refractivity contribution in [1.29, 1.82) is 0 Å². The van der Waals surface area contributed by atoms with Crippen molar-refractivity contribution in [2.75, 3.05) is 12.3 Å². The number of likely N-dealkylation sites (tertiary alicyclic amines) is 1. The molecular formula is C22H25N3O2S2. The number of nitrogens with zero attached hydrogens (tertiary/aromatic N) is 2. The first-order valence-corrected chi connectivity index (χ1v) is 12.1. The number of hydrogen-bond donors (Lipinski definition) is 1. The van der Waals surface area contributed by atoms with E-state index in [0.29, 0.717) is 28.8 Å². The molecule has 1 amide bonds. The van der Waals surface area contributed by atoms with E-state index < -0.39 is 0 Å². The summed E-state index contributed by atoms with van der Waals surface area (Å²) in [5.41, 5.74) is 1.83. The van der Waals surface area contributed by atoms with E-state index >= 15 is 0 Å². The van der Waals surface area contributed by atoms with Gasteiger partial charge in [-0.05, 0) is 31.2 Å². The van der Waals surface area contributed by atoms with Gasteiger partial charge >= 0.3 is 0 Å². The lowest BCUT2D eigenvalue weighted by atomic mass is 10.0. The smallest absolute Gasteiger partial charge is 0.260 e. The first-order valence-electron chi connectivity index (χ1n) is 10.1. The number of piperidine rings is 1. The summed E-state index contributed by atoms with van der Waals surface area (Å²) in [5.74, 6) is 1.79. The number of nitrogens with one attached hydrogen (secondary N) is 1. The Balaban J connectivity index is 1.44. The third kappa shape index (κ3) is 4.41. The minimum Gasteiger partial charge on any atom is -0.339 e. The summed E-state index contributed by atoms with van der Waals surface area (Å²) >= 11 is 3.01. The molecule has 1 aliphatic heterocycles. The zero-order valence-corrected chi connectivity index (χ0v) is 18.2. The highest BCUT2D eigenvalue weighted by atomic mass is 32.2. The van der Waals surface area contributed by atoms with Crippen molar-refractivity contribution in [3.8, 4) is 11.1 Å². The number of aromatic amines is 1. The molecule has 0 bridgehead atoms. The van der Waals surface area contributed by atoms with Crippen molar-refractivity contribution < 1.29 is 4.79 Å². The second-order valence-corrected chi connectivity index (χ2v) is 9.19. The highest BCUT2D eigenvalue weighted by Gasteiger charge is 2.25. The third-order valence-electron chi connectivity index (χ3n) is 5.46. The Morgan fingerprint density at radius 3 is 2.93 bits per heavy atom. The van der Waals surface area contributed by atoms with E-state index in [9.17, 15) is 9.59 Å². The normalized spacial score (nSPS) is 17.0. The fourth-order valence-corrected chi connectivity index (χ4v) is 5.70. The SMILES string of the molecule is CCC1CCCCN1C(=O)CSCc1nc2scc(-c3ccccc3)c2c(=O)[nH]1. The van der Waals surface area contributed by atoms with Crippen molar-refractivity contribution in [3.05, 3.63) is 51.9 Å². The molecule has 1 aromatic carbocycles. The fourth-order valence-electron chi connectivity index (χ4n) is 3.96. The molecule has 4 rings (SSSR count). The quantitative estimate of drug-likeness (QED) is 0.620. The van der Waals surface area contributed by atoms with Crippen LogP contribution in [-0.4, -0.2) is 39.1 Å². The summed E-state index contributed by atoms with van der Waals surface area (Å²) in [6.45, 7) is 3.02. The van der Waals surface area contributed by atoms with Crippen LogP contribution in [0.3, 0.4) is 0 Å². The Labute approximate surface area is 178 Å². The number of fused-ring (bicyclic) bond motifs is 1. The van der Waals surface area contributed by atoms with Crippen LogP contribution >= 0.6 is 23.1 Å². The Bertz CT molecular complexity index is 1050. The maximum Gasteiger partial charge on any atom is 0.260 e. The fraction of sp³-hybridized carbons (Fsp3) is 0.409. The van der Waals surface area contributed by atoms with Crippen LogP contribution in [0, 0.1) is 0 Å². The summed E-state index contributed by atoms with van der Waals surface area (Å²) in [6.07, 6.45) is 4.44. The number of benzene rings is 1. The molecule has 1 atom stereocenters. The van der Waals surface area contributed by atoms with Gasteiger partial charge in [0.15, 0.2) is 0 Å². The molecule has 3 aromatic rings. The summed E-state index contributed by atoms with van der Waals surface area (Å²) in [5, 5.41) is 2.63. The largest absolute Gasteiger partial charge is 0.339 e. The van der Waals surface area contributed by atoms with E-state index in [0.717, 1.165) is 41.8 Å². The van der Waals surface area contributed by atoms with Crippen LogP contribution in [0.1, 0.15) is 38.4 Å². The van der Waals surface area contributed by atoms with Gasteiger partial charge in [-0.15, -0.1) is 23.1 Å². The second-order valence-electron chi connectivity index (χ2n) is 7.35. The number of carbonyl (C=O) groups is 1. The number of thioether (sulfide) groups is 1. The van der Waals surface area contributed by atoms with Crippen LogP contribution in [0.2, 0.25) is 0 Å². The molecule has 1 N–H and O–H groups in total. The molecule has 29 heavy (non-hydrogen) atoms. The summed E-state index contributed by atoms with van der Waals surface area (Å²) in [7, 11) is 0. The number of amides is 1. The molecule has 1 unspecified atom stereocenters. The summed E-state index contributed by atoms with van der Waals surface area (Å²) < 4.78 is 0. The lowest BCUT2D eigenvalue weighted by molar-refractivity contribution is -0.132. The lowest BCUT2D eigenvalue weighted by Crippen LogP contribution is -2.44. The van der Waals surface area contributed by atoms with Gasteiger partial charge in [0.2, 0.25) is 5.91 Å². The molecule has 152 valence electrons. The molecule has 5 nitrogen and oxygen atoms in total.